The molecule has 0 heterocycles. The van der Waals surface area contributed by atoms with Gasteiger partial charge in [-0.05, 0) is 12.0 Å². The lowest BCUT2D eigenvalue weighted by atomic mass is 9.99. The number of benzene rings is 1. The lowest BCUT2D eigenvalue weighted by Gasteiger charge is -2.18. The van der Waals surface area contributed by atoms with E-state index in [-0.39, 0.29) is 11.6 Å². The molecule has 0 saturated heterocycles. The lowest BCUT2D eigenvalue weighted by molar-refractivity contribution is -0.118. The molecule has 1 aromatic rings. The minimum absolute atomic E-state index is 0.131. The molecule has 1 amide bonds. The average Bonchev–Trinajstić information content (AvgIpc) is 2.40. The molecule has 4 N–H and O–H groups in total. The Hall–Kier alpha value is -2.02. The molecule has 0 aliphatic rings. The average molecular weight is 286 g/mol. The zero-order valence-corrected chi connectivity index (χ0v) is 11.1. The Bertz CT molecular complexity index is 535. The summed E-state index contributed by atoms with van der Waals surface area (Å²) in [4.78, 5) is 22.8. The highest BCUT2D eigenvalue weighted by atomic mass is 19.2. The predicted molar refractivity (Wildman–Crippen MR) is 69.4 cm³/mol. The SMILES string of the molecule is CCC(C)[C@H](N)C(=O)Nc1cc(F)c(F)cc1C(=O)O. The molecule has 7 heteroatoms. The van der Waals surface area contributed by atoms with Crippen LogP contribution in [-0.4, -0.2) is 23.0 Å². The third-order valence-corrected chi connectivity index (χ3v) is 3.11. The predicted octanol–water partition coefficient (Wildman–Crippen LogP) is 1.97. The number of nitrogens with one attached hydrogen (secondary N) is 1. The van der Waals surface area contributed by atoms with E-state index in [0.717, 1.165) is 0 Å². The maximum Gasteiger partial charge on any atom is 0.337 e. The summed E-state index contributed by atoms with van der Waals surface area (Å²) in [5.41, 5.74) is 4.83. The molecule has 20 heavy (non-hydrogen) atoms. The van der Waals surface area contributed by atoms with E-state index >= 15 is 0 Å². The van der Waals surface area contributed by atoms with Crippen LogP contribution in [0, 0.1) is 17.6 Å². The van der Waals surface area contributed by atoms with Gasteiger partial charge in [0.05, 0.1) is 17.3 Å². The summed E-state index contributed by atoms with van der Waals surface area (Å²) in [6, 6.07) is 0.275. The molecule has 110 valence electrons. The van der Waals surface area contributed by atoms with Crippen LogP contribution in [0.5, 0.6) is 0 Å². The smallest absolute Gasteiger partial charge is 0.337 e. The second kappa shape index (κ2) is 6.42. The van der Waals surface area contributed by atoms with Crippen LogP contribution >= 0.6 is 0 Å². The van der Waals surface area contributed by atoms with E-state index in [1.807, 2.05) is 6.92 Å². The molecule has 0 saturated carbocycles. The van der Waals surface area contributed by atoms with Crippen molar-refractivity contribution in [3.8, 4) is 0 Å². The standard InChI is InChI=1S/C13H16F2N2O3/c1-3-6(2)11(16)12(18)17-10-5-9(15)8(14)4-7(10)13(19)20/h4-6,11H,3,16H2,1-2H3,(H,17,18)(H,19,20)/t6?,11-/m0/s1. The van der Waals surface area contributed by atoms with Crippen molar-refractivity contribution >= 4 is 17.6 Å². The van der Waals surface area contributed by atoms with Crippen molar-refractivity contribution in [3.05, 3.63) is 29.3 Å². The molecule has 0 spiro atoms. The summed E-state index contributed by atoms with van der Waals surface area (Å²) in [6.07, 6.45) is 0.651. The summed E-state index contributed by atoms with van der Waals surface area (Å²) in [5.74, 6) is -4.80. The van der Waals surface area contributed by atoms with Crippen LogP contribution in [0.25, 0.3) is 0 Å². The van der Waals surface area contributed by atoms with Gasteiger partial charge in [-0.2, -0.15) is 0 Å². The topological polar surface area (TPSA) is 92.4 Å². The van der Waals surface area contributed by atoms with Gasteiger partial charge >= 0.3 is 5.97 Å². The second-order valence-electron chi connectivity index (χ2n) is 4.52. The van der Waals surface area contributed by atoms with Crippen LogP contribution in [0.4, 0.5) is 14.5 Å². The lowest BCUT2D eigenvalue weighted by Crippen LogP contribution is -2.40. The van der Waals surface area contributed by atoms with Crippen LogP contribution in [0.1, 0.15) is 30.6 Å². The molecule has 5 nitrogen and oxygen atoms in total. The van der Waals surface area contributed by atoms with E-state index in [2.05, 4.69) is 5.32 Å². The Morgan fingerprint density at radius 2 is 1.90 bits per heavy atom. The quantitative estimate of drug-likeness (QED) is 0.771. The Morgan fingerprint density at radius 1 is 1.35 bits per heavy atom. The van der Waals surface area contributed by atoms with E-state index in [0.29, 0.717) is 18.6 Å². The molecule has 1 unspecified atom stereocenters. The zero-order valence-electron chi connectivity index (χ0n) is 11.1. The van der Waals surface area contributed by atoms with Gasteiger partial charge < -0.3 is 16.2 Å². The number of aromatic carboxylic acids is 1. The van der Waals surface area contributed by atoms with Gasteiger partial charge in [-0.3, -0.25) is 4.79 Å². The normalized spacial score (nSPS) is 13.7. The van der Waals surface area contributed by atoms with Crippen LogP contribution in [-0.2, 0) is 4.79 Å². The van der Waals surface area contributed by atoms with Crippen molar-refractivity contribution in [1.82, 2.24) is 0 Å². The fraction of sp³-hybridized carbons (Fsp3) is 0.385. The van der Waals surface area contributed by atoms with Gasteiger partial charge in [0.25, 0.3) is 0 Å². The first-order chi connectivity index (χ1) is 9.27. The third-order valence-electron chi connectivity index (χ3n) is 3.11. The Labute approximate surface area is 114 Å². The highest BCUT2D eigenvalue weighted by molar-refractivity contribution is 6.02. The number of carbonyl (C=O) groups excluding carboxylic acids is 1. The highest BCUT2D eigenvalue weighted by Gasteiger charge is 2.22. The second-order valence-corrected chi connectivity index (χ2v) is 4.52. The van der Waals surface area contributed by atoms with E-state index in [1.54, 1.807) is 6.92 Å². The first-order valence-electron chi connectivity index (χ1n) is 6.06. The first kappa shape index (κ1) is 16.0. The van der Waals surface area contributed by atoms with Crippen molar-refractivity contribution in [2.75, 3.05) is 5.32 Å². The first-order valence-corrected chi connectivity index (χ1v) is 6.06. The molecule has 2 atom stereocenters. The van der Waals surface area contributed by atoms with Crippen molar-refractivity contribution in [3.63, 3.8) is 0 Å². The molecular weight excluding hydrogens is 270 g/mol. The Kier molecular flexibility index (Phi) is 5.15. The number of rotatable bonds is 5. The molecule has 1 aromatic carbocycles. The summed E-state index contributed by atoms with van der Waals surface area (Å²) >= 11 is 0. The number of carbonyl (C=O) groups is 2. The Morgan fingerprint density at radius 3 is 2.40 bits per heavy atom. The van der Waals surface area contributed by atoms with E-state index in [4.69, 9.17) is 10.8 Å². The van der Waals surface area contributed by atoms with Crippen molar-refractivity contribution in [2.45, 2.75) is 26.3 Å². The molecule has 0 aliphatic heterocycles. The number of carboxylic acids is 1. The molecule has 0 fully saturated rings. The summed E-state index contributed by atoms with van der Waals surface area (Å²) in [7, 11) is 0. The fourth-order valence-electron chi connectivity index (χ4n) is 1.56. The molecular formula is C13H16F2N2O3. The fourth-order valence-corrected chi connectivity index (χ4v) is 1.56. The van der Waals surface area contributed by atoms with Gasteiger partial charge in [-0.25, -0.2) is 13.6 Å². The minimum Gasteiger partial charge on any atom is -0.478 e. The number of anilines is 1. The van der Waals surface area contributed by atoms with Gasteiger partial charge in [0, 0.05) is 6.07 Å². The zero-order chi connectivity index (χ0) is 15.4. The number of hydrogen-bond acceptors (Lipinski definition) is 3. The maximum absolute atomic E-state index is 13.1. The molecule has 0 bridgehead atoms. The molecule has 0 aromatic heterocycles. The van der Waals surface area contributed by atoms with Crippen LogP contribution in [0.15, 0.2) is 12.1 Å². The van der Waals surface area contributed by atoms with Crippen LogP contribution < -0.4 is 11.1 Å². The Balaban J connectivity index is 3.05. The molecule has 0 aliphatic carbocycles. The third kappa shape index (κ3) is 3.51. The van der Waals surface area contributed by atoms with Crippen LogP contribution in [0.2, 0.25) is 0 Å². The van der Waals surface area contributed by atoms with Gasteiger partial charge in [0.1, 0.15) is 0 Å². The maximum atomic E-state index is 13.1. The number of carboxylic acid groups (broad SMARTS) is 1. The minimum atomic E-state index is -1.48. The van der Waals surface area contributed by atoms with Crippen molar-refractivity contribution < 1.29 is 23.5 Å². The largest absolute Gasteiger partial charge is 0.478 e. The highest BCUT2D eigenvalue weighted by Crippen LogP contribution is 2.21. The number of nitrogens with two attached hydrogens (primary N) is 1. The van der Waals surface area contributed by atoms with Gasteiger partial charge in [0.2, 0.25) is 5.91 Å². The van der Waals surface area contributed by atoms with E-state index in [1.165, 1.54) is 0 Å². The molecule has 1 rings (SSSR count). The van der Waals surface area contributed by atoms with Gasteiger partial charge in [-0.1, -0.05) is 20.3 Å². The van der Waals surface area contributed by atoms with Crippen LogP contribution in [0.3, 0.4) is 0 Å². The van der Waals surface area contributed by atoms with Gasteiger partial charge in [-0.15, -0.1) is 0 Å². The van der Waals surface area contributed by atoms with Crippen molar-refractivity contribution in [1.29, 1.82) is 0 Å². The van der Waals surface area contributed by atoms with E-state index in [9.17, 15) is 18.4 Å². The summed E-state index contributed by atoms with van der Waals surface area (Å²) < 4.78 is 26.2. The summed E-state index contributed by atoms with van der Waals surface area (Å²) in [5, 5.41) is 11.1. The van der Waals surface area contributed by atoms with E-state index < -0.39 is 35.1 Å². The number of amides is 1. The van der Waals surface area contributed by atoms with Gasteiger partial charge in [0.15, 0.2) is 11.6 Å². The van der Waals surface area contributed by atoms with Crippen molar-refractivity contribution in [2.24, 2.45) is 11.7 Å². The molecule has 0 radical (unpaired) electrons. The number of hydrogen-bond donors (Lipinski definition) is 3. The number of halogens is 2. The monoisotopic (exact) mass is 286 g/mol. The summed E-state index contributed by atoms with van der Waals surface area (Å²) in [6.45, 7) is 3.60.